The topological polar surface area (TPSA) is 55.5 Å². The molecule has 0 amide bonds. The first kappa shape index (κ1) is 14.0. The Morgan fingerprint density at radius 1 is 1.41 bits per heavy atom. The Kier molecular flexibility index (Phi) is 4.54. The minimum atomic E-state index is -0.863. The van der Waals surface area contributed by atoms with Crippen molar-refractivity contribution in [2.45, 2.75) is 45.8 Å². The molecular formula is C14H23NO2. The maximum absolute atomic E-state index is 9.88. The van der Waals surface area contributed by atoms with Gasteiger partial charge in [0.15, 0.2) is 0 Å². The molecule has 0 spiro atoms. The Hall–Kier alpha value is -1.06. The third-order valence-electron chi connectivity index (χ3n) is 2.83. The third-order valence-corrected chi connectivity index (χ3v) is 2.83. The van der Waals surface area contributed by atoms with Gasteiger partial charge in [-0.05, 0) is 39.3 Å². The van der Waals surface area contributed by atoms with Crippen molar-refractivity contribution in [2.24, 2.45) is 5.73 Å². The normalized spacial score (nSPS) is 16.4. The van der Waals surface area contributed by atoms with Crippen molar-refractivity contribution in [3.05, 3.63) is 29.3 Å². The minimum absolute atomic E-state index is 0.0602. The van der Waals surface area contributed by atoms with Crippen LogP contribution < -0.4 is 10.5 Å². The van der Waals surface area contributed by atoms with Crippen LogP contribution >= 0.6 is 0 Å². The molecule has 0 fully saturated rings. The molecule has 3 heteroatoms. The largest absolute Gasteiger partial charge is 0.490 e. The molecule has 0 radical (unpaired) electrons. The zero-order valence-electron chi connectivity index (χ0n) is 11.2. The predicted molar refractivity (Wildman–Crippen MR) is 70.3 cm³/mol. The van der Waals surface area contributed by atoms with Crippen molar-refractivity contribution in [1.29, 1.82) is 0 Å². The van der Waals surface area contributed by atoms with Crippen molar-refractivity contribution in [2.75, 3.05) is 6.54 Å². The first-order valence-electron chi connectivity index (χ1n) is 6.00. The molecule has 1 aromatic carbocycles. The second-order valence-corrected chi connectivity index (χ2v) is 5.10. The number of hydrogen-bond acceptors (Lipinski definition) is 3. The Labute approximate surface area is 104 Å². The van der Waals surface area contributed by atoms with Gasteiger partial charge in [-0.3, -0.25) is 0 Å². The Morgan fingerprint density at radius 2 is 2.06 bits per heavy atom. The summed E-state index contributed by atoms with van der Waals surface area (Å²) in [5.74, 6) is 0.871. The van der Waals surface area contributed by atoms with Crippen molar-refractivity contribution in [3.8, 4) is 5.75 Å². The van der Waals surface area contributed by atoms with E-state index in [1.54, 1.807) is 6.92 Å². The van der Waals surface area contributed by atoms with Crippen LogP contribution in [0.1, 0.15) is 31.4 Å². The fourth-order valence-electron chi connectivity index (χ4n) is 1.89. The second kappa shape index (κ2) is 5.52. The smallest absolute Gasteiger partial charge is 0.122 e. The van der Waals surface area contributed by atoms with Gasteiger partial charge in [0.05, 0.1) is 11.7 Å². The molecule has 96 valence electrons. The molecule has 17 heavy (non-hydrogen) atoms. The van der Waals surface area contributed by atoms with E-state index in [2.05, 4.69) is 13.0 Å². The molecule has 0 bridgehead atoms. The van der Waals surface area contributed by atoms with Gasteiger partial charge in [0, 0.05) is 13.0 Å². The highest BCUT2D eigenvalue weighted by Gasteiger charge is 2.22. The highest BCUT2D eigenvalue weighted by molar-refractivity contribution is 5.35. The molecule has 0 aliphatic heterocycles. The Bertz CT molecular complexity index is 374. The highest BCUT2D eigenvalue weighted by atomic mass is 16.5. The molecule has 0 saturated heterocycles. The molecule has 0 aliphatic carbocycles. The number of nitrogens with two attached hydrogens (primary N) is 1. The maximum Gasteiger partial charge on any atom is 0.122 e. The van der Waals surface area contributed by atoms with Crippen molar-refractivity contribution in [3.63, 3.8) is 0 Å². The minimum Gasteiger partial charge on any atom is -0.490 e. The van der Waals surface area contributed by atoms with E-state index in [0.29, 0.717) is 6.42 Å². The summed E-state index contributed by atoms with van der Waals surface area (Å²) < 4.78 is 5.82. The van der Waals surface area contributed by atoms with E-state index in [4.69, 9.17) is 10.5 Å². The van der Waals surface area contributed by atoms with Crippen LogP contribution in [0.5, 0.6) is 5.75 Å². The molecule has 3 N–H and O–H groups in total. The average molecular weight is 237 g/mol. The summed E-state index contributed by atoms with van der Waals surface area (Å²) in [6.07, 6.45) is 0.464. The van der Waals surface area contributed by atoms with E-state index in [9.17, 15) is 5.11 Å². The molecule has 0 aliphatic rings. The first-order chi connectivity index (χ1) is 7.84. The fraction of sp³-hybridized carbons (Fsp3) is 0.571. The van der Waals surface area contributed by atoms with Crippen molar-refractivity contribution < 1.29 is 9.84 Å². The van der Waals surface area contributed by atoms with Crippen LogP contribution in [0, 0.1) is 13.8 Å². The van der Waals surface area contributed by atoms with Crippen molar-refractivity contribution in [1.82, 2.24) is 0 Å². The second-order valence-electron chi connectivity index (χ2n) is 5.10. The first-order valence-corrected chi connectivity index (χ1v) is 6.00. The number of aryl methyl sites for hydroxylation is 2. The number of hydrogen-bond donors (Lipinski definition) is 2. The Morgan fingerprint density at radius 3 is 2.59 bits per heavy atom. The number of benzene rings is 1. The zero-order chi connectivity index (χ0) is 13.1. The van der Waals surface area contributed by atoms with Crippen LogP contribution in [0.25, 0.3) is 0 Å². The molecule has 1 rings (SSSR count). The zero-order valence-corrected chi connectivity index (χ0v) is 11.2. The molecule has 0 saturated carbocycles. The number of rotatable bonds is 5. The van der Waals surface area contributed by atoms with Gasteiger partial charge in [-0.25, -0.2) is 0 Å². The molecule has 0 heterocycles. The SMILES string of the molecule is Cc1ccc(OC(C)CC(C)(O)CN)c(C)c1. The molecule has 2 atom stereocenters. The monoisotopic (exact) mass is 237 g/mol. The van der Waals surface area contributed by atoms with Crippen LogP contribution in [0.3, 0.4) is 0 Å². The molecule has 3 nitrogen and oxygen atoms in total. The van der Waals surface area contributed by atoms with Crippen LogP contribution in [0.15, 0.2) is 18.2 Å². The lowest BCUT2D eigenvalue weighted by molar-refractivity contribution is 0.0235. The number of ether oxygens (including phenoxy) is 1. The summed E-state index contributed by atoms with van der Waals surface area (Å²) in [5, 5.41) is 9.88. The van der Waals surface area contributed by atoms with Gasteiger partial charge in [0.25, 0.3) is 0 Å². The summed E-state index contributed by atoms with van der Waals surface area (Å²) in [7, 11) is 0. The van der Waals surface area contributed by atoms with E-state index < -0.39 is 5.60 Å². The highest BCUT2D eigenvalue weighted by Crippen LogP contribution is 2.22. The van der Waals surface area contributed by atoms with Gasteiger partial charge in [-0.1, -0.05) is 17.7 Å². The summed E-state index contributed by atoms with van der Waals surface area (Å²) >= 11 is 0. The van der Waals surface area contributed by atoms with E-state index in [-0.39, 0.29) is 12.6 Å². The lowest BCUT2D eigenvalue weighted by atomic mass is 9.99. The van der Waals surface area contributed by atoms with E-state index in [0.717, 1.165) is 11.3 Å². The molecule has 0 aromatic heterocycles. The van der Waals surface area contributed by atoms with Crippen molar-refractivity contribution >= 4 is 0 Å². The van der Waals surface area contributed by atoms with Crippen LogP contribution in [0.4, 0.5) is 0 Å². The Balaban J connectivity index is 2.65. The van der Waals surface area contributed by atoms with Gasteiger partial charge in [-0.2, -0.15) is 0 Å². The number of aliphatic hydroxyl groups is 1. The van der Waals surface area contributed by atoms with Gasteiger partial charge in [0.1, 0.15) is 5.75 Å². The molecule has 1 aromatic rings. The van der Waals surface area contributed by atoms with E-state index in [1.165, 1.54) is 5.56 Å². The molecular weight excluding hydrogens is 214 g/mol. The van der Waals surface area contributed by atoms with Gasteiger partial charge in [0.2, 0.25) is 0 Å². The van der Waals surface area contributed by atoms with Gasteiger partial charge < -0.3 is 15.6 Å². The maximum atomic E-state index is 9.88. The van der Waals surface area contributed by atoms with Gasteiger partial charge in [-0.15, -0.1) is 0 Å². The van der Waals surface area contributed by atoms with Gasteiger partial charge >= 0.3 is 0 Å². The summed E-state index contributed by atoms with van der Waals surface area (Å²) in [4.78, 5) is 0. The summed E-state index contributed by atoms with van der Waals surface area (Å²) in [6, 6.07) is 6.08. The summed E-state index contributed by atoms with van der Waals surface area (Å²) in [6.45, 7) is 8.00. The van der Waals surface area contributed by atoms with Crippen LogP contribution in [0.2, 0.25) is 0 Å². The van der Waals surface area contributed by atoms with E-state index >= 15 is 0 Å². The lowest BCUT2D eigenvalue weighted by Crippen LogP contribution is -2.38. The molecule has 2 unspecified atom stereocenters. The predicted octanol–water partition coefficient (Wildman–Crippen LogP) is 2.17. The third kappa shape index (κ3) is 4.36. The quantitative estimate of drug-likeness (QED) is 0.825. The van der Waals surface area contributed by atoms with Crippen LogP contribution in [-0.4, -0.2) is 23.4 Å². The standard InChI is InChI=1S/C14H23NO2/c1-10-5-6-13(11(2)7-10)17-12(3)8-14(4,16)9-15/h5-7,12,16H,8-9,15H2,1-4H3. The average Bonchev–Trinajstić information content (AvgIpc) is 2.21. The van der Waals surface area contributed by atoms with E-state index in [1.807, 2.05) is 26.0 Å². The fourth-order valence-corrected chi connectivity index (χ4v) is 1.89. The lowest BCUT2D eigenvalue weighted by Gasteiger charge is -2.26. The summed E-state index contributed by atoms with van der Waals surface area (Å²) in [5.41, 5.74) is 6.96. The van der Waals surface area contributed by atoms with Crippen LogP contribution in [-0.2, 0) is 0 Å².